The Hall–Kier alpha value is -1.43. The van der Waals surface area contributed by atoms with E-state index >= 15 is 0 Å². The van der Waals surface area contributed by atoms with Gasteiger partial charge in [0.1, 0.15) is 6.61 Å². The maximum atomic E-state index is 13.9. The Kier molecular flexibility index (Phi) is 4.30. The van der Waals surface area contributed by atoms with Crippen LogP contribution >= 0.6 is 22.6 Å². The maximum absolute atomic E-state index is 13.9. The number of hydrogen-bond acceptors (Lipinski definition) is 2. The van der Waals surface area contributed by atoms with Crippen LogP contribution in [0.2, 0.25) is 0 Å². The van der Waals surface area contributed by atoms with E-state index in [0.29, 0.717) is 9.86 Å². The fourth-order valence-electron chi connectivity index (χ4n) is 1.52. The van der Waals surface area contributed by atoms with Gasteiger partial charge in [0.05, 0.1) is 9.13 Å². The SMILES string of the molecule is O=Cc1ccc(I)c(F)c1OCc1ccccc1. The molecular formula is C14H10FIO2. The van der Waals surface area contributed by atoms with Crippen molar-refractivity contribution in [2.75, 3.05) is 0 Å². The monoisotopic (exact) mass is 356 g/mol. The molecule has 0 N–H and O–H groups in total. The molecule has 0 heterocycles. The normalized spacial score (nSPS) is 10.1. The number of benzene rings is 2. The number of carbonyl (C=O) groups excluding carboxylic acids is 1. The van der Waals surface area contributed by atoms with Crippen LogP contribution < -0.4 is 4.74 Å². The molecule has 0 bridgehead atoms. The van der Waals surface area contributed by atoms with Crippen molar-refractivity contribution < 1.29 is 13.9 Å². The lowest BCUT2D eigenvalue weighted by molar-refractivity contribution is 0.111. The van der Waals surface area contributed by atoms with Crippen molar-refractivity contribution in [1.82, 2.24) is 0 Å². The molecule has 4 heteroatoms. The van der Waals surface area contributed by atoms with Gasteiger partial charge in [0.2, 0.25) is 0 Å². The third-order valence-corrected chi connectivity index (χ3v) is 3.27. The van der Waals surface area contributed by atoms with Crippen molar-refractivity contribution in [2.24, 2.45) is 0 Å². The smallest absolute Gasteiger partial charge is 0.179 e. The molecular weight excluding hydrogens is 346 g/mol. The summed E-state index contributed by atoms with van der Waals surface area (Å²) in [6, 6.07) is 12.5. The van der Waals surface area contributed by atoms with Gasteiger partial charge in [0.25, 0.3) is 0 Å². The summed E-state index contributed by atoms with van der Waals surface area (Å²) in [4.78, 5) is 10.9. The van der Waals surface area contributed by atoms with Gasteiger partial charge in [-0.2, -0.15) is 0 Å². The first-order valence-electron chi connectivity index (χ1n) is 5.32. The number of aldehydes is 1. The van der Waals surface area contributed by atoms with Crippen molar-refractivity contribution >= 4 is 28.9 Å². The van der Waals surface area contributed by atoms with Gasteiger partial charge in [-0.05, 0) is 40.3 Å². The van der Waals surface area contributed by atoms with Gasteiger partial charge in [-0.25, -0.2) is 4.39 Å². The molecule has 0 amide bonds. The van der Waals surface area contributed by atoms with Gasteiger partial charge in [0, 0.05) is 0 Å². The van der Waals surface area contributed by atoms with Gasteiger partial charge < -0.3 is 4.74 Å². The second-order valence-electron chi connectivity index (χ2n) is 3.67. The molecule has 18 heavy (non-hydrogen) atoms. The molecule has 0 fully saturated rings. The molecule has 0 aliphatic rings. The Morgan fingerprint density at radius 1 is 1.17 bits per heavy atom. The highest BCUT2D eigenvalue weighted by Crippen LogP contribution is 2.26. The Morgan fingerprint density at radius 2 is 1.89 bits per heavy atom. The van der Waals surface area contributed by atoms with Crippen LogP contribution in [0.15, 0.2) is 42.5 Å². The van der Waals surface area contributed by atoms with Crippen LogP contribution in [0.1, 0.15) is 15.9 Å². The molecule has 0 aromatic heterocycles. The van der Waals surface area contributed by atoms with Crippen molar-refractivity contribution in [1.29, 1.82) is 0 Å². The molecule has 0 aliphatic carbocycles. The van der Waals surface area contributed by atoms with Crippen LogP contribution in [0, 0.1) is 9.39 Å². The zero-order chi connectivity index (χ0) is 13.0. The molecule has 0 atom stereocenters. The Balaban J connectivity index is 2.23. The van der Waals surface area contributed by atoms with Gasteiger partial charge in [-0.1, -0.05) is 30.3 Å². The summed E-state index contributed by atoms with van der Waals surface area (Å²) in [5.41, 5.74) is 1.15. The van der Waals surface area contributed by atoms with Gasteiger partial charge in [-0.15, -0.1) is 0 Å². The third kappa shape index (κ3) is 2.87. The van der Waals surface area contributed by atoms with Crippen LogP contribution in [0.4, 0.5) is 4.39 Å². The summed E-state index contributed by atoms with van der Waals surface area (Å²) in [6.07, 6.45) is 0.597. The molecule has 2 nitrogen and oxygen atoms in total. The van der Waals surface area contributed by atoms with E-state index in [0.717, 1.165) is 5.56 Å². The first kappa shape index (κ1) is 13.0. The summed E-state index contributed by atoms with van der Waals surface area (Å²) in [5, 5.41) is 0. The molecule has 0 spiro atoms. The lowest BCUT2D eigenvalue weighted by Gasteiger charge is -2.10. The topological polar surface area (TPSA) is 26.3 Å². The highest BCUT2D eigenvalue weighted by Gasteiger charge is 2.13. The lowest BCUT2D eigenvalue weighted by Crippen LogP contribution is -2.02. The van der Waals surface area contributed by atoms with E-state index in [1.807, 2.05) is 52.9 Å². The lowest BCUT2D eigenvalue weighted by atomic mass is 10.2. The Bertz CT molecular complexity index is 555. The van der Waals surface area contributed by atoms with Crippen molar-refractivity contribution in [3.8, 4) is 5.75 Å². The zero-order valence-corrected chi connectivity index (χ0v) is 11.6. The van der Waals surface area contributed by atoms with E-state index in [1.54, 1.807) is 12.1 Å². The predicted molar refractivity (Wildman–Crippen MR) is 75.3 cm³/mol. The molecule has 92 valence electrons. The minimum absolute atomic E-state index is 0.0146. The highest BCUT2D eigenvalue weighted by atomic mass is 127. The van der Waals surface area contributed by atoms with Crippen LogP contribution in [0.25, 0.3) is 0 Å². The van der Waals surface area contributed by atoms with Gasteiger partial charge in [0.15, 0.2) is 17.9 Å². The zero-order valence-electron chi connectivity index (χ0n) is 9.40. The van der Waals surface area contributed by atoms with E-state index in [9.17, 15) is 9.18 Å². The first-order chi connectivity index (χ1) is 8.72. The summed E-state index contributed by atoms with van der Waals surface area (Å²) in [6.45, 7) is 0.235. The van der Waals surface area contributed by atoms with Gasteiger partial charge in [-0.3, -0.25) is 4.79 Å². The second-order valence-corrected chi connectivity index (χ2v) is 4.83. The largest absolute Gasteiger partial charge is 0.485 e. The maximum Gasteiger partial charge on any atom is 0.179 e. The van der Waals surface area contributed by atoms with E-state index in [2.05, 4.69) is 0 Å². The number of rotatable bonds is 4. The summed E-state index contributed by atoms with van der Waals surface area (Å²) in [7, 11) is 0. The van der Waals surface area contributed by atoms with Crippen molar-refractivity contribution in [3.63, 3.8) is 0 Å². The predicted octanol–water partition coefficient (Wildman–Crippen LogP) is 3.82. The summed E-state index contributed by atoms with van der Waals surface area (Å²) in [5.74, 6) is -0.475. The average Bonchev–Trinajstić information content (AvgIpc) is 2.41. The number of carbonyl (C=O) groups is 1. The van der Waals surface area contributed by atoms with Crippen LogP contribution in [0.3, 0.4) is 0 Å². The number of halogens is 2. The fourth-order valence-corrected chi connectivity index (χ4v) is 1.94. The standard InChI is InChI=1S/C14H10FIO2/c15-13-12(16)7-6-11(8-17)14(13)18-9-10-4-2-1-3-5-10/h1-8H,9H2. The second kappa shape index (κ2) is 5.95. The van der Waals surface area contributed by atoms with Crippen molar-refractivity contribution in [3.05, 3.63) is 63.0 Å². The molecule has 0 saturated carbocycles. The number of ether oxygens (including phenoxy) is 1. The molecule has 2 aromatic rings. The van der Waals surface area contributed by atoms with Crippen LogP contribution in [-0.2, 0) is 6.61 Å². The molecule has 0 unspecified atom stereocenters. The first-order valence-corrected chi connectivity index (χ1v) is 6.40. The fraction of sp³-hybridized carbons (Fsp3) is 0.0714. The van der Waals surface area contributed by atoms with E-state index in [-0.39, 0.29) is 17.9 Å². The summed E-state index contributed by atoms with van der Waals surface area (Å²) >= 11 is 1.87. The third-order valence-electron chi connectivity index (χ3n) is 2.43. The molecule has 2 aromatic carbocycles. The van der Waals surface area contributed by atoms with Gasteiger partial charge >= 0.3 is 0 Å². The minimum atomic E-state index is -0.490. The quantitative estimate of drug-likeness (QED) is 0.615. The van der Waals surface area contributed by atoms with Crippen LogP contribution in [0.5, 0.6) is 5.75 Å². The van der Waals surface area contributed by atoms with E-state index in [4.69, 9.17) is 4.74 Å². The Labute approximate surface area is 118 Å². The highest BCUT2D eigenvalue weighted by molar-refractivity contribution is 14.1. The van der Waals surface area contributed by atoms with Crippen molar-refractivity contribution in [2.45, 2.75) is 6.61 Å². The molecule has 0 aliphatic heterocycles. The van der Waals surface area contributed by atoms with E-state index in [1.165, 1.54) is 0 Å². The number of hydrogen-bond donors (Lipinski definition) is 0. The van der Waals surface area contributed by atoms with Crippen LogP contribution in [-0.4, -0.2) is 6.29 Å². The molecule has 2 rings (SSSR count). The van der Waals surface area contributed by atoms with E-state index < -0.39 is 5.82 Å². The molecule has 0 radical (unpaired) electrons. The Morgan fingerprint density at radius 3 is 2.56 bits per heavy atom. The molecule has 0 saturated heterocycles. The minimum Gasteiger partial charge on any atom is -0.485 e. The summed E-state index contributed by atoms with van der Waals surface area (Å²) < 4.78 is 19.7. The average molecular weight is 356 g/mol.